The summed E-state index contributed by atoms with van der Waals surface area (Å²) < 4.78 is 28.2. The summed E-state index contributed by atoms with van der Waals surface area (Å²) in [5.41, 5.74) is 2.38. The monoisotopic (exact) mass is 363 g/mol. The van der Waals surface area contributed by atoms with Gasteiger partial charge in [0.1, 0.15) is 13.7 Å². The number of nitrogens with zero attached hydrogens (tertiary/aromatic N) is 1. The highest BCUT2D eigenvalue weighted by atomic mass is 35.5. The molecule has 0 aliphatic rings. The van der Waals surface area contributed by atoms with Gasteiger partial charge >= 0.3 is 0 Å². The van der Waals surface area contributed by atoms with E-state index in [0.29, 0.717) is 11.0 Å². The minimum atomic E-state index is -1.32. The van der Waals surface area contributed by atoms with Gasteiger partial charge in [-0.05, 0) is 18.6 Å². The second-order valence-corrected chi connectivity index (χ2v) is 5.41. The van der Waals surface area contributed by atoms with Crippen LogP contribution in [0.4, 0.5) is 20.3 Å². The first kappa shape index (κ1) is 18.9. The SMILES string of the molecule is [B]c1cnc(Nc2c(C(=O)NOCC=C)cc(Cl)c(F)c2F)c(C)c1. The van der Waals surface area contributed by atoms with Gasteiger partial charge in [-0.15, -0.1) is 6.58 Å². The van der Waals surface area contributed by atoms with Crippen LogP contribution in [0.2, 0.25) is 5.02 Å². The number of nitrogens with one attached hydrogen (secondary N) is 2. The number of halogens is 3. The molecule has 0 fully saturated rings. The van der Waals surface area contributed by atoms with Gasteiger partial charge in [-0.3, -0.25) is 9.63 Å². The number of carbonyl (C=O) groups is 1. The van der Waals surface area contributed by atoms with Gasteiger partial charge in [0.15, 0.2) is 11.6 Å². The third-order valence-corrected chi connectivity index (χ3v) is 3.39. The molecule has 2 rings (SSSR count). The van der Waals surface area contributed by atoms with Gasteiger partial charge < -0.3 is 5.32 Å². The van der Waals surface area contributed by atoms with Crippen LogP contribution in [0.25, 0.3) is 0 Å². The van der Waals surface area contributed by atoms with Crippen LogP contribution in [0.5, 0.6) is 0 Å². The Kier molecular flexibility index (Phi) is 6.11. The first-order chi connectivity index (χ1) is 11.8. The molecule has 0 atom stereocenters. The van der Waals surface area contributed by atoms with E-state index in [1.807, 2.05) is 0 Å². The van der Waals surface area contributed by atoms with Crippen LogP contribution in [-0.4, -0.2) is 25.3 Å². The molecule has 0 bridgehead atoms. The lowest BCUT2D eigenvalue weighted by atomic mass is 9.97. The predicted octanol–water partition coefficient (Wildman–Crippen LogP) is 2.71. The molecule has 2 N–H and O–H groups in total. The molecular weight excluding hydrogens is 350 g/mol. The Morgan fingerprint density at radius 1 is 1.44 bits per heavy atom. The molecule has 0 unspecified atom stereocenters. The third-order valence-electron chi connectivity index (χ3n) is 3.12. The first-order valence-electron chi connectivity index (χ1n) is 7.04. The van der Waals surface area contributed by atoms with Crippen molar-refractivity contribution in [2.75, 3.05) is 11.9 Å². The van der Waals surface area contributed by atoms with E-state index >= 15 is 0 Å². The Balaban J connectivity index is 2.45. The van der Waals surface area contributed by atoms with E-state index in [1.54, 1.807) is 13.0 Å². The molecule has 128 valence electrons. The number of pyridine rings is 1. The molecule has 1 aromatic heterocycles. The third kappa shape index (κ3) is 4.34. The van der Waals surface area contributed by atoms with Crippen LogP contribution in [-0.2, 0) is 4.84 Å². The first-order valence-corrected chi connectivity index (χ1v) is 7.42. The molecule has 2 aromatic rings. The molecule has 0 saturated heterocycles. The lowest BCUT2D eigenvalue weighted by Gasteiger charge is -2.15. The quantitative estimate of drug-likeness (QED) is 0.272. The number of amides is 1. The number of rotatable bonds is 6. The summed E-state index contributed by atoms with van der Waals surface area (Å²) in [6.07, 6.45) is 2.74. The lowest BCUT2D eigenvalue weighted by molar-refractivity contribution is 0.0422. The fourth-order valence-electron chi connectivity index (χ4n) is 1.96. The van der Waals surface area contributed by atoms with E-state index in [9.17, 15) is 13.6 Å². The number of aromatic nitrogens is 1. The predicted molar refractivity (Wildman–Crippen MR) is 92.6 cm³/mol. The van der Waals surface area contributed by atoms with E-state index < -0.39 is 28.3 Å². The van der Waals surface area contributed by atoms with E-state index in [-0.39, 0.29) is 18.0 Å². The van der Waals surface area contributed by atoms with Crippen molar-refractivity contribution in [1.82, 2.24) is 10.5 Å². The largest absolute Gasteiger partial charge is 0.337 e. The standard InChI is InChI=1S/C16H13BClF2N3O2/c1-3-4-25-23-16(24)10-6-11(18)12(19)13(20)14(10)22-15-8(2)5-9(17)7-21-15/h3,5-7H,1,4H2,2H3,(H,21,22)(H,23,24). The summed E-state index contributed by atoms with van der Waals surface area (Å²) >= 11 is 5.64. The van der Waals surface area contributed by atoms with Crippen molar-refractivity contribution < 1.29 is 18.4 Å². The van der Waals surface area contributed by atoms with Gasteiger partial charge in [-0.25, -0.2) is 19.2 Å². The van der Waals surface area contributed by atoms with Crippen molar-refractivity contribution in [2.45, 2.75) is 6.92 Å². The Labute approximate surface area is 149 Å². The summed E-state index contributed by atoms with van der Waals surface area (Å²) in [5.74, 6) is -3.23. The minimum Gasteiger partial charge on any atom is -0.337 e. The Bertz CT molecular complexity index is 834. The van der Waals surface area contributed by atoms with Gasteiger partial charge in [0.05, 0.1) is 22.9 Å². The van der Waals surface area contributed by atoms with Crippen molar-refractivity contribution in [3.05, 3.63) is 58.8 Å². The number of hydrogen-bond acceptors (Lipinski definition) is 4. The number of hydrogen-bond donors (Lipinski definition) is 2. The average Bonchev–Trinajstić information content (AvgIpc) is 2.57. The van der Waals surface area contributed by atoms with E-state index in [0.717, 1.165) is 6.07 Å². The van der Waals surface area contributed by atoms with Gasteiger partial charge in [0.2, 0.25) is 0 Å². The Morgan fingerprint density at radius 2 is 2.16 bits per heavy atom. The van der Waals surface area contributed by atoms with Crippen molar-refractivity contribution >= 4 is 42.3 Å². The minimum absolute atomic E-state index is 0.0323. The van der Waals surface area contributed by atoms with Crippen LogP contribution >= 0.6 is 11.6 Å². The lowest BCUT2D eigenvalue weighted by Crippen LogP contribution is -2.25. The van der Waals surface area contributed by atoms with Crippen molar-refractivity contribution in [3.63, 3.8) is 0 Å². The average molecular weight is 364 g/mol. The topological polar surface area (TPSA) is 63.2 Å². The smallest absolute Gasteiger partial charge is 0.277 e. The Morgan fingerprint density at radius 3 is 2.80 bits per heavy atom. The molecule has 9 heteroatoms. The molecule has 1 heterocycles. The second-order valence-electron chi connectivity index (χ2n) is 5.00. The normalized spacial score (nSPS) is 10.4. The van der Waals surface area contributed by atoms with E-state index in [1.165, 1.54) is 12.3 Å². The summed E-state index contributed by atoms with van der Waals surface area (Å²) in [6, 6.07) is 2.58. The van der Waals surface area contributed by atoms with Crippen LogP contribution in [0.1, 0.15) is 15.9 Å². The number of carbonyl (C=O) groups excluding carboxylic acids is 1. The molecule has 5 nitrogen and oxygen atoms in total. The molecule has 25 heavy (non-hydrogen) atoms. The molecule has 0 aliphatic carbocycles. The maximum Gasteiger partial charge on any atom is 0.277 e. The van der Waals surface area contributed by atoms with Crippen molar-refractivity contribution in [2.24, 2.45) is 0 Å². The fraction of sp³-hybridized carbons (Fsp3) is 0.125. The molecule has 0 spiro atoms. The Hall–Kier alpha value is -2.45. The van der Waals surface area contributed by atoms with Crippen LogP contribution in [0, 0.1) is 18.6 Å². The van der Waals surface area contributed by atoms with Crippen molar-refractivity contribution in [1.29, 1.82) is 0 Å². The summed E-state index contributed by atoms with van der Waals surface area (Å²) in [5, 5.41) is 2.06. The number of anilines is 2. The van der Waals surface area contributed by atoms with Crippen LogP contribution in [0.3, 0.4) is 0 Å². The summed E-state index contributed by atoms with van der Waals surface area (Å²) in [6.45, 7) is 5.12. The highest BCUT2D eigenvalue weighted by Gasteiger charge is 2.23. The zero-order valence-electron chi connectivity index (χ0n) is 13.2. The molecule has 0 aliphatic heterocycles. The van der Waals surface area contributed by atoms with E-state index in [4.69, 9.17) is 24.3 Å². The van der Waals surface area contributed by atoms with Crippen molar-refractivity contribution in [3.8, 4) is 0 Å². The van der Waals surface area contributed by atoms with E-state index in [2.05, 4.69) is 22.4 Å². The number of aryl methyl sites for hydroxylation is 1. The maximum absolute atomic E-state index is 14.4. The zero-order chi connectivity index (χ0) is 18.6. The van der Waals surface area contributed by atoms with Crippen LogP contribution < -0.4 is 16.3 Å². The molecule has 2 radical (unpaired) electrons. The van der Waals surface area contributed by atoms with Gasteiger partial charge in [-0.1, -0.05) is 29.2 Å². The number of hydroxylamine groups is 1. The zero-order valence-corrected chi connectivity index (χ0v) is 14.0. The molecule has 1 aromatic carbocycles. The summed E-state index contributed by atoms with van der Waals surface area (Å²) in [7, 11) is 5.61. The fourth-order valence-corrected chi connectivity index (χ4v) is 2.16. The van der Waals surface area contributed by atoms with Gasteiger partial charge in [0.25, 0.3) is 5.91 Å². The maximum atomic E-state index is 14.4. The molecule has 0 saturated carbocycles. The highest BCUT2D eigenvalue weighted by Crippen LogP contribution is 2.31. The molecular formula is C16H13BClF2N3O2. The highest BCUT2D eigenvalue weighted by molar-refractivity contribution is 6.32. The number of benzene rings is 1. The van der Waals surface area contributed by atoms with Crippen LogP contribution in [0.15, 0.2) is 31.0 Å². The second kappa shape index (κ2) is 8.09. The van der Waals surface area contributed by atoms with Gasteiger partial charge in [0, 0.05) is 6.20 Å². The molecule has 1 amide bonds. The van der Waals surface area contributed by atoms with Gasteiger partial charge in [-0.2, -0.15) is 0 Å². The summed E-state index contributed by atoms with van der Waals surface area (Å²) in [4.78, 5) is 21.0.